The summed E-state index contributed by atoms with van der Waals surface area (Å²) in [6.07, 6.45) is 0.694. The number of nitrogens with one attached hydrogen (secondary N) is 1. The second kappa shape index (κ2) is 7.84. The molecule has 1 amide bonds. The van der Waals surface area contributed by atoms with Crippen LogP contribution in [0.1, 0.15) is 25.8 Å². The number of anilines is 1. The molecule has 0 aliphatic rings. The summed E-state index contributed by atoms with van der Waals surface area (Å²) >= 11 is 0. The molecule has 0 aromatic heterocycles. The van der Waals surface area contributed by atoms with Gasteiger partial charge in [-0.2, -0.15) is 0 Å². The van der Waals surface area contributed by atoms with Crippen LogP contribution in [-0.4, -0.2) is 19.1 Å². The van der Waals surface area contributed by atoms with Crippen LogP contribution in [0.2, 0.25) is 0 Å². The number of nitrogens with two attached hydrogens (primary N) is 1. The van der Waals surface area contributed by atoms with Crippen molar-refractivity contribution in [2.75, 3.05) is 18.5 Å². The highest BCUT2D eigenvalue weighted by atomic mass is 16.5. The molecule has 0 heterocycles. The molecular weight excluding hydrogens is 228 g/mol. The van der Waals surface area contributed by atoms with E-state index in [0.717, 1.165) is 11.3 Å². The summed E-state index contributed by atoms with van der Waals surface area (Å²) in [6.45, 7) is 5.52. The fraction of sp³-hybridized carbons (Fsp3) is 0.500. The Balaban J connectivity index is 2.68. The van der Waals surface area contributed by atoms with Crippen LogP contribution < -0.4 is 11.1 Å². The first-order chi connectivity index (χ1) is 8.69. The van der Waals surface area contributed by atoms with Crippen molar-refractivity contribution >= 4 is 11.6 Å². The molecule has 0 aliphatic heterocycles. The van der Waals surface area contributed by atoms with E-state index in [-0.39, 0.29) is 11.8 Å². The molecule has 0 saturated heterocycles. The van der Waals surface area contributed by atoms with Crippen LogP contribution >= 0.6 is 0 Å². The average molecular weight is 250 g/mol. The molecule has 1 unspecified atom stereocenters. The Morgan fingerprint density at radius 3 is 2.83 bits per heavy atom. The fourth-order valence-corrected chi connectivity index (χ4v) is 1.62. The Morgan fingerprint density at radius 1 is 1.44 bits per heavy atom. The molecule has 100 valence electrons. The molecular formula is C14H22N2O2. The fourth-order valence-electron chi connectivity index (χ4n) is 1.62. The maximum atomic E-state index is 11.9. The maximum absolute atomic E-state index is 11.9. The lowest BCUT2D eigenvalue weighted by atomic mass is 10.1. The summed E-state index contributed by atoms with van der Waals surface area (Å²) in [5.41, 5.74) is 7.27. The van der Waals surface area contributed by atoms with E-state index in [1.54, 1.807) is 0 Å². The number of rotatable bonds is 7. The van der Waals surface area contributed by atoms with E-state index in [4.69, 9.17) is 10.5 Å². The van der Waals surface area contributed by atoms with Crippen molar-refractivity contribution in [3.8, 4) is 0 Å². The molecule has 1 aromatic carbocycles. The molecule has 0 bridgehead atoms. The first-order valence-corrected chi connectivity index (χ1v) is 6.35. The standard InChI is InChI=1S/C14H22N2O2/c1-3-18-10-12-6-4-5-7-13(12)16-14(17)11(2)8-9-15/h4-7,11H,3,8-10,15H2,1-2H3,(H,16,17). The van der Waals surface area contributed by atoms with Gasteiger partial charge in [0.05, 0.1) is 6.61 Å². The smallest absolute Gasteiger partial charge is 0.227 e. The van der Waals surface area contributed by atoms with Crippen molar-refractivity contribution in [3.05, 3.63) is 29.8 Å². The van der Waals surface area contributed by atoms with Gasteiger partial charge in [-0.15, -0.1) is 0 Å². The molecule has 4 nitrogen and oxygen atoms in total. The summed E-state index contributed by atoms with van der Waals surface area (Å²) < 4.78 is 5.38. The van der Waals surface area contributed by atoms with Gasteiger partial charge in [-0.25, -0.2) is 0 Å². The van der Waals surface area contributed by atoms with Crippen LogP contribution in [-0.2, 0) is 16.1 Å². The van der Waals surface area contributed by atoms with Crippen molar-refractivity contribution in [3.63, 3.8) is 0 Å². The Hall–Kier alpha value is -1.39. The number of carbonyl (C=O) groups excluding carboxylic acids is 1. The van der Waals surface area contributed by atoms with E-state index in [2.05, 4.69) is 5.32 Å². The van der Waals surface area contributed by atoms with Gasteiger partial charge in [0.25, 0.3) is 0 Å². The number of para-hydroxylation sites is 1. The summed E-state index contributed by atoms with van der Waals surface area (Å²) in [5, 5.41) is 2.93. The van der Waals surface area contributed by atoms with E-state index in [9.17, 15) is 4.79 Å². The third-order valence-corrected chi connectivity index (χ3v) is 2.78. The molecule has 1 rings (SSSR count). The third kappa shape index (κ3) is 4.47. The van der Waals surface area contributed by atoms with Crippen LogP contribution in [0, 0.1) is 5.92 Å². The second-order valence-electron chi connectivity index (χ2n) is 4.26. The van der Waals surface area contributed by atoms with E-state index in [1.165, 1.54) is 0 Å². The quantitative estimate of drug-likeness (QED) is 0.779. The monoisotopic (exact) mass is 250 g/mol. The Morgan fingerprint density at radius 2 is 2.17 bits per heavy atom. The van der Waals surface area contributed by atoms with Crippen LogP contribution in [0.4, 0.5) is 5.69 Å². The van der Waals surface area contributed by atoms with Crippen molar-refractivity contribution in [1.82, 2.24) is 0 Å². The van der Waals surface area contributed by atoms with Gasteiger partial charge in [0.1, 0.15) is 0 Å². The van der Waals surface area contributed by atoms with Crippen molar-refractivity contribution < 1.29 is 9.53 Å². The normalized spacial score (nSPS) is 12.2. The Kier molecular flexibility index (Phi) is 6.39. The lowest BCUT2D eigenvalue weighted by Crippen LogP contribution is -2.23. The molecule has 1 atom stereocenters. The van der Waals surface area contributed by atoms with E-state index in [0.29, 0.717) is 26.2 Å². The zero-order chi connectivity index (χ0) is 13.4. The van der Waals surface area contributed by atoms with Crippen molar-refractivity contribution in [2.24, 2.45) is 11.7 Å². The van der Waals surface area contributed by atoms with E-state index < -0.39 is 0 Å². The SMILES string of the molecule is CCOCc1ccccc1NC(=O)C(C)CCN. The van der Waals surface area contributed by atoms with Gasteiger partial charge in [0.15, 0.2) is 0 Å². The minimum atomic E-state index is -0.0739. The summed E-state index contributed by atoms with van der Waals surface area (Å²) in [6, 6.07) is 7.69. The highest BCUT2D eigenvalue weighted by molar-refractivity contribution is 5.93. The van der Waals surface area contributed by atoms with Gasteiger partial charge < -0.3 is 15.8 Å². The second-order valence-corrected chi connectivity index (χ2v) is 4.26. The minimum Gasteiger partial charge on any atom is -0.377 e. The molecule has 0 spiro atoms. The lowest BCUT2D eigenvalue weighted by molar-refractivity contribution is -0.119. The van der Waals surface area contributed by atoms with Gasteiger partial charge in [0, 0.05) is 23.8 Å². The predicted molar refractivity (Wildman–Crippen MR) is 73.2 cm³/mol. The third-order valence-electron chi connectivity index (χ3n) is 2.78. The van der Waals surface area contributed by atoms with Crippen LogP contribution in [0.25, 0.3) is 0 Å². The zero-order valence-electron chi connectivity index (χ0n) is 11.1. The molecule has 0 aliphatic carbocycles. The summed E-state index contributed by atoms with van der Waals surface area (Å²) in [7, 11) is 0. The highest BCUT2D eigenvalue weighted by Crippen LogP contribution is 2.17. The molecule has 0 fully saturated rings. The average Bonchev–Trinajstić information content (AvgIpc) is 2.38. The maximum Gasteiger partial charge on any atom is 0.227 e. The van der Waals surface area contributed by atoms with Crippen molar-refractivity contribution in [1.29, 1.82) is 0 Å². The zero-order valence-corrected chi connectivity index (χ0v) is 11.1. The van der Waals surface area contributed by atoms with Crippen molar-refractivity contribution in [2.45, 2.75) is 26.9 Å². The number of ether oxygens (including phenoxy) is 1. The molecule has 3 N–H and O–H groups in total. The van der Waals surface area contributed by atoms with Crippen LogP contribution in [0.5, 0.6) is 0 Å². The molecule has 0 radical (unpaired) electrons. The molecule has 1 aromatic rings. The van der Waals surface area contributed by atoms with Crippen LogP contribution in [0.3, 0.4) is 0 Å². The van der Waals surface area contributed by atoms with Gasteiger partial charge >= 0.3 is 0 Å². The minimum absolute atomic E-state index is 0.00407. The topological polar surface area (TPSA) is 64.3 Å². The lowest BCUT2D eigenvalue weighted by Gasteiger charge is -2.14. The Bertz CT molecular complexity index is 380. The largest absolute Gasteiger partial charge is 0.377 e. The first kappa shape index (κ1) is 14.7. The number of hydrogen-bond donors (Lipinski definition) is 2. The van der Waals surface area contributed by atoms with E-state index >= 15 is 0 Å². The predicted octanol–water partition coefficient (Wildman–Crippen LogP) is 2.15. The van der Waals surface area contributed by atoms with Crippen LogP contribution in [0.15, 0.2) is 24.3 Å². The number of benzene rings is 1. The van der Waals surface area contributed by atoms with Gasteiger partial charge in [-0.3, -0.25) is 4.79 Å². The van der Waals surface area contributed by atoms with Gasteiger partial charge in [0.2, 0.25) is 5.91 Å². The Labute approximate surface area is 109 Å². The number of hydrogen-bond acceptors (Lipinski definition) is 3. The number of amides is 1. The summed E-state index contributed by atoms with van der Waals surface area (Å²) in [4.78, 5) is 11.9. The van der Waals surface area contributed by atoms with Gasteiger partial charge in [-0.05, 0) is 26.0 Å². The highest BCUT2D eigenvalue weighted by Gasteiger charge is 2.13. The molecule has 18 heavy (non-hydrogen) atoms. The van der Waals surface area contributed by atoms with Gasteiger partial charge in [-0.1, -0.05) is 25.1 Å². The summed E-state index contributed by atoms with van der Waals surface area (Å²) in [5.74, 6) is -0.0699. The molecule has 4 heteroatoms. The van der Waals surface area contributed by atoms with E-state index in [1.807, 2.05) is 38.1 Å². The number of carbonyl (C=O) groups is 1. The molecule has 0 saturated carbocycles. The first-order valence-electron chi connectivity index (χ1n) is 6.35.